The lowest BCUT2D eigenvalue weighted by atomic mass is 10.1. The minimum atomic E-state index is -0.525. The normalized spacial score (nSPS) is 12.0. The van der Waals surface area contributed by atoms with Gasteiger partial charge in [0, 0.05) is 11.8 Å². The minimum Gasteiger partial charge on any atom is -0.494 e. The molecule has 0 atom stereocenters. The number of fused-ring (bicyclic) bond motifs is 1. The highest BCUT2D eigenvalue weighted by Crippen LogP contribution is 2.37. The second-order valence-corrected chi connectivity index (χ2v) is 8.76. The lowest BCUT2D eigenvalue weighted by Crippen LogP contribution is -2.13. The van der Waals surface area contributed by atoms with E-state index >= 15 is 0 Å². The average Bonchev–Trinajstić information content (AvgIpc) is 3.34. The standard InChI is InChI=1S/C27H23IN2O6/c1-3-33-21-6-4-5-20(13-21)30-27(31)19(14-29)9-18-10-22(28)26(25(12-18)32-2)34-15-17-7-8-23-24(11-17)36-16-35-23/h4-13H,3,15-16H2,1-2H3,(H,30,31)/b19-9-. The molecule has 0 saturated carbocycles. The number of hydrogen-bond donors (Lipinski definition) is 1. The van der Waals surface area contributed by atoms with Gasteiger partial charge < -0.3 is 29.0 Å². The van der Waals surface area contributed by atoms with Gasteiger partial charge in [0.15, 0.2) is 23.0 Å². The van der Waals surface area contributed by atoms with Crippen LogP contribution in [0.5, 0.6) is 28.7 Å². The maximum atomic E-state index is 12.7. The number of ether oxygens (including phenoxy) is 5. The first-order valence-electron chi connectivity index (χ1n) is 11.1. The quantitative estimate of drug-likeness (QED) is 0.196. The van der Waals surface area contributed by atoms with Gasteiger partial charge in [-0.15, -0.1) is 0 Å². The summed E-state index contributed by atoms with van der Waals surface area (Å²) in [6.07, 6.45) is 1.51. The molecular weight excluding hydrogens is 575 g/mol. The van der Waals surface area contributed by atoms with E-state index in [0.717, 1.165) is 9.13 Å². The molecule has 1 amide bonds. The number of rotatable bonds is 9. The van der Waals surface area contributed by atoms with Crippen molar-refractivity contribution < 1.29 is 28.5 Å². The summed E-state index contributed by atoms with van der Waals surface area (Å²) in [5.41, 5.74) is 2.02. The molecule has 0 fully saturated rings. The molecule has 3 aromatic carbocycles. The van der Waals surface area contributed by atoms with Gasteiger partial charge in [-0.2, -0.15) is 5.26 Å². The Bertz CT molecular complexity index is 1350. The number of nitrogens with one attached hydrogen (secondary N) is 1. The molecule has 1 aliphatic rings. The van der Waals surface area contributed by atoms with Crippen LogP contribution in [0.15, 0.2) is 60.2 Å². The first kappa shape index (κ1) is 25.2. The number of amides is 1. The molecule has 4 rings (SSSR count). The van der Waals surface area contributed by atoms with Gasteiger partial charge in [0.2, 0.25) is 6.79 Å². The largest absolute Gasteiger partial charge is 0.494 e. The van der Waals surface area contributed by atoms with Crippen molar-refractivity contribution in [1.29, 1.82) is 5.26 Å². The molecule has 184 valence electrons. The zero-order valence-corrected chi connectivity index (χ0v) is 21.8. The molecule has 36 heavy (non-hydrogen) atoms. The van der Waals surface area contributed by atoms with Crippen LogP contribution in [0.3, 0.4) is 0 Å². The van der Waals surface area contributed by atoms with Crippen molar-refractivity contribution >= 4 is 40.3 Å². The molecule has 0 saturated heterocycles. The molecule has 0 aromatic heterocycles. The van der Waals surface area contributed by atoms with Crippen molar-refractivity contribution in [2.75, 3.05) is 25.8 Å². The number of carbonyl (C=O) groups is 1. The van der Waals surface area contributed by atoms with E-state index < -0.39 is 5.91 Å². The fourth-order valence-electron chi connectivity index (χ4n) is 3.49. The number of halogens is 1. The molecule has 3 aromatic rings. The van der Waals surface area contributed by atoms with Crippen LogP contribution in [0.4, 0.5) is 5.69 Å². The van der Waals surface area contributed by atoms with Gasteiger partial charge in [0.1, 0.15) is 24.0 Å². The summed E-state index contributed by atoms with van der Waals surface area (Å²) in [5, 5.41) is 12.4. The van der Waals surface area contributed by atoms with Crippen LogP contribution in [-0.4, -0.2) is 26.4 Å². The van der Waals surface area contributed by atoms with E-state index in [1.807, 2.05) is 37.3 Å². The maximum absolute atomic E-state index is 12.7. The Balaban J connectivity index is 1.50. The summed E-state index contributed by atoms with van der Waals surface area (Å²) in [6, 6.07) is 18.1. The average molecular weight is 598 g/mol. The topological polar surface area (TPSA) is 99.0 Å². The first-order valence-corrected chi connectivity index (χ1v) is 12.1. The van der Waals surface area contributed by atoms with Gasteiger partial charge in [-0.1, -0.05) is 12.1 Å². The summed E-state index contributed by atoms with van der Waals surface area (Å²) >= 11 is 2.14. The molecule has 1 heterocycles. The zero-order valence-electron chi connectivity index (χ0n) is 19.7. The smallest absolute Gasteiger partial charge is 0.266 e. The van der Waals surface area contributed by atoms with E-state index in [2.05, 4.69) is 27.9 Å². The van der Waals surface area contributed by atoms with Crippen LogP contribution in [0, 0.1) is 14.9 Å². The summed E-state index contributed by atoms with van der Waals surface area (Å²) < 4.78 is 28.6. The Morgan fingerprint density at radius 3 is 2.75 bits per heavy atom. The second kappa shape index (κ2) is 11.7. The summed E-state index contributed by atoms with van der Waals surface area (Å²) in [5.74, 6) is 2.54. The van der Waals surface area contributed by atoms with Gasteiger partial charge in [-0.25, -0.2) is 0 Å². The molecule has 9 heteroatoms. The number of anilines is 1. The van der Waals surface area contributed by atoms with Gasteiger partial charge in [-0.05, 0) is 83.1 Å². The van der Waals surface area contributed by atoms with Crippen LogP contribution in [0.2, 0.25) is 0 Å². The van der Waals surface area contributed by atoms with Crippen LogP contribution in [0.1, 0.15) is 18.1 Å². The van der Waals surface area contributed by atoms with E-state index in [1.165, 1.54) is 13.2 Å². The Morgan fingerprint density at radius 1 is 1.14 bits per heavy atom. The van der Waals surface area contributed by atoms with E-state index in [-0.39, 0.29) is 12.4 Å². The number of hydrogen-bond acceptors (Lipinski definition) is 7. The van der Waals surface area contributed by atoms with Crippen molar-refractivity contribution in [3.63, 3.8) is 0 Å². The molecule has 0 spiro atoms. The fourth-order valence-corrected chi connectivity index (χ4v) is 4.27. The van der Waals surface area contributed by atoms with Crippen LogP contribution in [-0.2, 0) is 11.4 Å². The SMILES string of the molecule is CCOc1cccc(NC(=O)/C(C#N)=C\c2cc(I)c(OCc3ccc4c(c3)OCO4)c(OC)c2)c1. The Hall–Kier alpha value is -3.91. The molecule has 8 nitrogen and oxygen atoms in total. The van der Waals surface area contributed by atoms with Gasteiger partial charge in [-0.3, -0.25) is 4.79 Å². The molecule has 1 aliphatic heterocycles. The third kappa shape index (κ3) is 6.01. The van der Waals surface area contributed by atoms with E-state index in [0.29, 0.717) is 53.2 Å². The van der Waals surface area contributed by atoms with Crippen molar-refractivity contribution in [2.24, 2.45) is 0 Å². The number of carbonyl (C=O) groups excluding carboxylic acids is 1. The Labute approximate surface area is 222 Å². The molecule has 0 aliphatic carbocycles. The molecule has 0 radical (unpaired) electrons. The number of benzene rings is 3. The van der Waals surface area contributed by atoms with E-state index in [4.69, 9.17) is 23.7 Å². The predicted molar refractivity (Wildman–Crippen MR) is 142 cm³/mol. The summed E-state index contributed by atoms with van der Waals surface area (Å²) in [4.78, 5) is 12.7. The fraction of sp³-hybridized carbons (Fsp3) is 0.185. The highest BCUT2D eigenvalue weighted by molar-refractivity contribution is 14.1. The molecule has 0 unspecified atom stereocenters. The van der Waals surface area contributed by atoms with E-state index in [9.17, 15) is 10.1 Å². The number of nitrogens with zero attached hydrogens (tertiary/aromatic N) is 1. The lowest BCUT2D eigenvalue weighted by molar-refractivity contribution is -0.112. The van der Waals surface area contributed by atoms with Crippen LogP contribution < -0.4 is 29.0 Å². The highest BCUT2D eigenvalue weighted by Gasteiger charge is 2.16. The van der Waals surface area contributed by atoms with Crippen molar-refractivity contribution in [3.8, 4) is 34.8 Å². The maximum Gasteiger partial charge on any atom is 0.266 e. The van der Waals surface area contributed by atoms with Crippen molar-refractivity contribution in [1.82, 2.24) is 0 Å². The van der Waals surface area contributed by atoms with E-state index in [1.54, 1.807) is 30.3 Å². The third-order valence-electron chi connectivity index (χ3n) is 5.15. The lowest BCUT2D eigenvalue weighted by Gasteiger charge is -2.14. The second-order valence-electron chi connectivity index (χ2n) is 7.60. The zero-order chi connectivity index (χ0) is 25.5. The molecule has 1 N–H and O–H groups in total. The summed E-state index contributed by atoms with van der Waals surface area (Å²) in [7, 11) is 1.54. The van der Waals surface area contributed by atoms with Gasteiger partial charge >= 0.3 is 0 Å². The first-order chi connectivity index (χ1) is 17.5. The number of nitriles is 1. The molecule has 0 bridgehead atoms. The summed E-state index contributed by atoms with van der Waals surface area (Å²) in [6.45, 7) is 2.90. The minimum absolute atomic E-state index is 0.0521. The van der Waals surface area contributed by atoms with Crippen LogP contribution >= 0.6 is 22.6 Å². The predicted octanol–water partition coefficient (Wildman–Crippen LogP) is 5.55. The monoisotopic (exact) mass is 598 g/mol. The van der Waals surface area contributed by atoms with Crippen molar-refractivity contribution in [3.05, 3.63) is 74.9 Å². The van der Waals surface area contributed by atoms with Gasteiger partial charge in [0.25, 0.3) is 5.91 Å². The third-order valence-corrected chi connectivity index (χ3v) is 5.95. The van der Waals surface area contributed by atoms with Gasteiger partial charge in [0.05, 0.1) is 17.3 Å². The van der Waals surface area contributed by atoms with Crippen molar-refractivity contribution in [2.45, 2.75) is 13.5 Å². The Kier molecular flexibility index (Phi) is 8.17. The Morgan fingerprint density at radius 2 is 1.97 bits per heavy atom. The number of methoxy groups -OCH3 is 1. The highest BCUT2D eigenvalue weighted by atomic mass is 127. The van der Waals surface area contributed by atoms with Crippen LogP contribution in [0.25, 0.3) is 6.08 Å². The molecular formula is C27H23IN2O6.